The van der Waals surface area contributed by atoms with Crippen LogP contribution in [-0.4, -0.2) is 23.7 Å². The van der Waals surface area contributed by atoms with Gasteiger partial charge in [-0.25, -0.2) is 0 Å². The molecule has 0 aromatic rings. The molecule has 1 fully saturated rings. The summed E-state index contributed by atoms with van der Waals surface area (Å²) >= 11 is 0. The first kappa shape index (κ1) is 13.5. The molecule has 0 heterocycles. The van der Waals surface area contributed by atoms with E-state index in [1.54, 1.807) is 0 Å². The van der Waals surface area contributed by atoms with E-state index in [4.69, 9.17) is 5.11 Å². The molecule has 0 aromatic heterocycles. The minimum atomic E-state index is -0.674. The first-order valence-electron chi connectivity index (χ1n) is 6.63. The third kappa shape index (κ3) is 6.11. The van der Waals surface area contributed by atoms with Crippen LogP contribution in [-0.2, 0) is 4.79 Å². The smallest absolute Gasteiger partial charge is 0.303 e. The van der Waals surface area contributed by atoms with Crippen LogP contribution in [0, 0.1) is 5.92 Å². The topological polar surface area (TPSA) is 49.3 Å². The van der Waals surface area contributed by atoms with Gasteiger partial charge in [0.1, 0.15) is 0 Å². The van der Waals surface area contributed by atoms with Crippen molar-refractivity contribution in [2.24, 2.45) is 5.92 Å². The van der Waals surface area contributed by atoms with Gasteiger partial charge in [0.15, 0.2) is 0 Å². The van der Waals surface area contributed by atoms with Crippen LogP contribution in [0.25, 0.3) is 0 Å². The van der Waals surface area contributed by atoms with Crippen molar-refractivity contribution in [1.82, 2.24) is 5.32 Å². The van der Waals surface area contributed by atoms with E-state index in [9.17, 15) is 4.79 Å². The van der Waals surface area contributed by atoms with Crippen LogP contribution in [0.4, 0.5) is 0 Å². The Labute approximate surface area is 98.6 Å². The summed E-state index contributed by atoms with van der Waals surface area (Å²) in [5, 5.41) is 12.2. The summed E-state index contributed by atoms with van der Waals surface area (Å²) in [5.74, 6) is -0.153. The van der Waals surface area contributed by atoms with Crippen molar-refractivity contribution in [3.63, 3.8) is 0 Å². The highest BCUT2D eigenvalue weighted by atomic mass is 16.4. The van der Waals surface area contributed by atoms with Gasteiger partial charge in [-0.2, -0.15) is 0 Å². The third-order valence-corrected chi connectivity index (χ3v) is 3.53. The minimum absolute atomic E-state index is 0.310. The summed E-state index contributed by atoms with van der Waals surface area (Å²) in [6, 6.07) is 0.723. The molecule has 94 valence electrons. The van der Waals surface area contributed by atoms with Gasteiger partial charge < -0.3 is 10.4 Å². The molecule has 16 heavy (non-hydrogen) atoms. The molecule has 0 aliphatic heterocycles. The zero-order valence-corrected chi connectivity index (χ0v) is 10.4. The molecule has 0 amide bonds. The maximum absolute atomic E-state index is 10.4. The molecule has 1 aliphatic rings. The average molecular weight is 227 g/mol. The summed E-state index contributed by atoms with van der Waals surface area (Å²) in [6.45, 7) is 3.19. The van der Waals surface area contributed by atoms with Crippen molar-refractivity contribution in [2.75, 3.05) is 6.54 Å². The number of rotatable bonds is 7. The van der Waals surface area contributed by atoms with Crippen LogP contribution in [0.5, 0.6) is 0 Å². The van der Waals surface area contributed by atoms with Gasteiger partial charge in [0.05, 0.1) is 0 Å². The van der Waals surface area contributed by atoms with Crippen molar-refractivity contribution in [2.45, 2.75) is 64.3 Å². The number of carbonyl (C=O) groups is 1. The van der Waals surface area contributed by atoms with E-state index in [1.165, 1.54) is 32.1 Å². The van der Waals surface area contributed by atoms with Gasteiger partial charge in [-0.1, -0.05) is 26.2 Å². The Balaban J connectivity index is 1.98. The third-order valence-electron chi connectivity index (χ3n) is 3.53. The standard InChI is InChI=1S/C13H25NO2/c1-11(7-8-13(15)16)9-10-14-12-5-3-2-4-6-12/h11-12,14H,2-10H2,1H3,(H,15,16). The summed E-state index contributed by atoms with van der Waals surface area (Å²) in [7, 11) is 0. The fourth-order valence-corrected chi connectivity index (χ4v) is 2.35. The molecule has 0 saturated heterocycles. The predicted octanol–water partition coefficient (Wildman–Crippen LogP) is 2.80. The number of hydrogen-bond donors (Lipinski definition) is 2. The fourth-order valence-electron chi connectivity index (χ4n) is 2.35. The quantitative estimate of drug-likeness (QED) is 0.703. The summed E-state index contributed by atoms with van der Waals surface area (Å²) < 4.78 is 0. The lowest BCUT2D eigenvalue weighted by Gasteiger charge is -2.23. The first-order chi connectivity index (χ1) is 7.68. The van der Waals surface area contributed by atoms with Crippen molar-refractivity contribution in [1.29, 1.82) is 0 Å². The SMILES string of the molecule is CC(CCNC1CCCCC1)CCC(=O)O. The molecular formula is C13H25NO2. The molecule has 1 atom stereocenters. The number of carboxylic acid groups (broad SMARTS) is 1. The van der Waals surface area contributed by atoms with Crippen LogP contribution in [0.1, 0.15) is 58.3 Å². The van der Waals surface area contributed by atoms with Crippen molar-refractivity contribution in [3.05, 3.63) is 0 Å². The Morgan fingerprint density at radius 2 is 2.00 bits per heavy atom. The molecule has 0 spiro atoms. The number of hydrogen-bond acceptors (Lipinski definition) is 2. The van der Waals surface area contributed by atoms with Crippen LogP contribution < -0.4 is 5.32 Å². The second-order valence-corrected chi connectivity index (χ2v) is 5.12. The van der Waals surface area contributed by atoms with Crippen LogP contribution in [0.3, 0.4) is 0 Å². The van der Waals surface area contributed by atoms with Crippen LogP contribution >= 0.6 is 0 Å². The molecule has 0 radical (unpaired) electrons. The molecule has 1 rings (SSSR count). The largest absolute Gasteiger partial charge is 0.481 e. The second-order valence-electron chi connectivity index (χ2n) is 5.12. The van der Waals surface area contributed by atoms with Crippen molar-refractivity contribution in [3.8, 4) is 0 Å². The molecule has 3 nitrogen and oxygen atoms in total. The van der Waals surface area contributed by atoms with Gasteiger partial charge in [-0.3, -0.25) is 4.79 Å². The first-order valence-corrected chi connectivity index (χ1v) is 6.63. The summed E-state index contributed by atoms with van der Waals surface area (Å²) in [6.07, 6.45) is 8.99. The van der Waals surface area contributed by atoms with E-state index < -0.39 is 5.97 Å². The van der Waals surface area contributed by atoms with E-state index in [0.29, 0.717) is 12.3 Å². The van der Waals surface area contributed by atoms with E-state index in [-0.39, 0.29) is 0 Å². The zero-order valence-electron chi connectivity index (χ0n) is 10.4. The lowest BCUT2D eigenvalue weighted by molar-refractivity contribution is -0.137. The monoisotopic (exact) mass is 227 g/mol. The Morgan fingerprint density at radius 3 is 2.62 bits per heavy atom. The van der Waals surface area contributed by atoms with Gasteiger partial charge >= 0.3 is 5.97 Å². The molecule has 1 unspecified atom stereocenters. The normalized spacial score (nSPS) is 19.6. The van der Waals surface area contributed by atoms with E-state index >= 15 is 0 Å². The number of aliphatic carboxylic acids is 1. The average Bonchev–Trinajstić information content (AvgIpc) is 2.28. The Kier molecular flexibility index (Phi) is 6.46. The van der Waals surface area contributed by atoms with Crippen molar-refractivity contribution < 1.29 is 9.90 Å². The molecule has 0 bridgehead atoms. The Bertz CT molecular complexity index is 200. The molecule has 1 aliphatic carbocycles. The predicted molar refractivity (Wildman–Crippen MR) is 65.5 cm³/mol. The van der Waals surface area contributed by atoms with Gasteiger partial charge in [0.2, 0.25) is 0 Å². The van der Waals surface area contributed by atoms with E-state index in [2.05, 4.69) is 12.2 Å². The fraction of sp³-hybridized carbons (Fsp3) is 0.923. The summed E-state index contributed by atoms with van der Waals surface area (Å²) in [5.41, 5.74) is 0. The highest BCUT2D eigenvalue weighted by molar-refractivity contribution is 5.66. The van der Waals surface area contributed by atoms with Gasteiger partial charge in [0.25, 0.3) is 0 Å². The molecule has 0 aromatic carbocycles. The lowest BCUT2D eigenvalue weighted by Crippen LogP contribution is -2.32. The lowest BCUT2D eigenvalue weighted by atomic mass is 9.95. The number of carboxylic acids is 1. The van der Waals surface area contributed by atoms with Gasteiger partial charge in [-0.15, -0.1) is 0 Å². The van der Waals surface area contributed by atoms with E-state index in [1.807, 2.05) is 0 Å². The maximum atomic E-state index is 10.4. The minimum Gasteiger partial charge on any atom is -0.481 e. The Morgan fingerprint density at radius 1 is 1.31 bits per heavy atom. The van der Waals surface area contributed by atoms with Gasteiger partial charge in [0, 0.05) is 12.5 Å². The van der Waals surface area contributed by atoms with E-state index in [0.717, 1.165) is 25.4 Å². The van der Waals surface area contributed by atoms with Crippen LogP contribution in [0.15, 0.2) is 0 Å². The summed E-state index contributed by atoms with van der Waals surface area (Å²) in [4.78, 5) is 10.4. The molecule has 3 heteroatoms. The van der Waals surface area contributed by atoms with Crippen molar-refractivity contribution >= 4 is 5.97 Å². The zero-order chi connectivity index (χ0) is 11.8. The van der Waals surface area contributed by atoms with Crippen LogP contribution in [0.2, 0.25) is 0 Å². The second kappa shape index (κ2) is 7.66. The Hall–Kier alpha value is -0.570. The molecule has 2 N–H and O–H groups in total. The highest BCUT2D eigenvalue weighted by Gasteiger charge is 2.12. The number of nitrogens with one attached hydrogen (secondary N) is 1. The van der Waals surface area contributed by atoms with Gasteiger partial charge in [-0.05, 0) is 38.1 Å². The molecular weight excluding hydrogens is 202 g/mol. The highest BCUT2D eigenvalue weighted by Crippen LogP contribution is 2.17. The molecule has 1 saturated carbocycles. The maximum Gasteiger partial charge on any atom is 0.303 e.